The Kier molecular flexibility index (Phi) is 7.37. The van der Waals surface area contributed by atoms with Crippen molar-refractivity contribution in [3.8, 4) is 11.4 Å². The molecule has 30 heavy (non-hydrogen) atoms. The average Bonchev–Trinajstić information content (AvgIpc) is 3.21. The number of guanidine groups is 1. The van der Waals surface area contributed by atoms with Crippen LogP contribution in [0, 0.1) is 6.92 Å². The summed E-state index contributed by atoms with van der Waals surface area (Å²) in [4.78, 5) is 4.18. The lowest BCUT2D eigenvalue weighted by Gasteiger charge is -2.15. The first-order valence-electron chi connectivity index (χ1n) is 9.63. The van der Waals surface area contributed by atoms with Crippen LogP contribution < -0.4 is 15.4 Å². The van der Waals surface area contributed by atoms with E-state index in [4.69, 9.17) is 0 Å². The molecule has 3 aromatic rings. The molecule has 0 saturated heterocycles. The minimum atomic E-state index is -2.86. The number of hydrogen-bond acceptors (Lipinski definition) is 3. The van der Waals surface area contributed by atoms with E-state index in [0.29, 0.717) is 24.6 Å². The molecule has 3 rings (SSSR count). The summed E-state index contributed by atoms with van der Waals surface area (Å²) in [5.41, 5.74) is 3.71. The molecular weight excluding hydrogens is 388 g/mol. The third-order valence-electron chi connectivity index (χ3n) is 4.46. The summed E-state index contributed by atoms with van der Waals surface area (Å²) in [6.45, 7) is 0.00267. The number of rotatable bonds is 8. The fourth-order valence-electron chi connectivity index (χ4n) is 2.99. The highest BCUT2D eigenvalue weighted by molar-refractivity contribution is 5.79. The van der Waals surface area contributed by atoms with Gasteiger partial charge in [-0.2, -0.15) is 13.9 Å². The van der Waals surface area contributed by atoms with E-state index in [0.717, 1.165) is 23.2 Å². The monoisotopic (exact) mass is 413 g/mol. The minimum absolute atomic E-state index is 0.159. The van der Waals surface area contributed by atoms with Crippen LogP contribution in [0.5, 0.6) is 5.75 Å². The van der Waals surface area contributed by atoms with Gasteiger partial charge in [-0.3, -0.25) is 4.99 Å². The number of aryl methyl sites for hydroxylation is 1. The first-order valence-corrected chi connectivity index (χ1v) is 9.63. The second kappa shape index (κ2) is 10.4. The van der Waals surface area contributed by atoms with E-state index in [9.17, 15) is 8.78 Å². The lowest BCUT2D eigenvalue weighted by molar-refractivity contribution is -0.0504. The fourth-order valence-corrected chi connectivity index (χ4v) is 2.99. The van der Waals surface area contributed by atoms with E-state index in [1.807, 2.05) is 60.4 Å². The van der Waals surface area contributed by atoms with Gasteiger partial charge in [-0.15, -0.1) is 0 Å². The van der Waals surface area contributed by atoms with Gasteiger partial charge in [0.15, 0.2) is 5.96 Å². The first-order chi connectivity index (χ1) is 14.5. The third-order valence-corrected chi connectivity index (χ3v) is 4.46. The molecule has 2 N–H and O–H groups in total. The zero-order chi connectivity index (χ0) is 21.3. The molecular formula is C22H25F2N5O. The molecule has 0 spiro atoms. The molecule has 1 heterocycles. The van der Waals surface area contributed by atoms with Gasteiger partial charge >= 0.3 is 6.61 Å². The van der Waals surface area contributed by atoms with Gasteiger partial charge in [0.2, 0.25) is 0 Å². The maximum absolute atomic E-state index is 12.6. The van der Waals surface area contributed by atoms with E-state index in [1.165, 1.54) is 0 Å². The van der Waals surface area contributed by atoms with Gasteiger partial charge in [0.25, 0.3) is 0 Å². The van der Waals surface area contributed by atoms with E-state index in [2.05, 4.69) is 25.5 Å². The Balaban J connectivity index is 1.51. The molecule has 8 heteroatoms. The Hall–Kier alpha value is -3.42. The number of aromatic nitrogens is 2. The number of halogens is 2. The molecule has 0 aliphatic heterocycles. The molecule has 0 saturated carbocycles. The van der Waals surface area contributed by atoms with Crippen LogP contribution in [0.1, 0.15) is 16.7 Å². The molecule has 0 fully saturated rings. The predicted molar refractivity (Wildman–Crippen MR) is 113 cm³/mol. The van der Waals surface area contributed by atoms with E-state index in [-0.39, 0.29) is 5.75 Å². The predicted octanol–water partition coefficient (Wildman–Crippen LogP) is 3.69. The van der Waals surface area contributed by atoms with Gasteiger partial charge in [-0.25, -0.2) is 4.68 Å². The van der Waals surface area contributed by atoms with Gasteiger partial charge < -0.3 is 15.4 Å². The molecule has 0 aliphatic rings. The first kappa shape index (κ1) is 21.3. The van der Waals surface area contributed by atoms with Gasteiger partial charge in [-0.05, 0) is 37.1 Å². The molecule has 0 amide bonds. The highest BCUT2D eigenvalue weighted by Crippen LogP contribution is 2.22. The van der Waals surface area contributed by atoms with Crippen molar-refractivity contribution in [2.45, 2.75) is 26.5 Å². The van der Waals surface area contributed by atoms with Gasteiger partial charge in [-0.1, -0.05) is 35.9 Å². The highest BCUT2D eigenvalue weighted by Gasteiger charge is 2.10. The maximum atomic E-state index is 12.6. The van der Waals surface area contributed by atoms with E-state index in [1.54, 1.807) is 19.2 Å². The van der Waals surface area contributed by atoms with E-state index < -0.39 is 6.61 Å². The number of para-hydroxylation sites is 1. The van der Waals surface area contributed by atoms with Crippen LogP contribution in [0.15, 0.2) is 65.9 Å². The molecule has 0 unspecified atom stereocenters. The molecule has 0 bridgehead atoms. The Bertz CT molecular complexity index is 973. The third kappa shape index (κ3) is 6.04. The Morgan fingerprint density at radius 2 is 1.97 bits per heavy atom. The summed E-state index contributed by atoms with van der Waals surface area (Å²) >= 11 is 0. The smallest absolute Gasteiger partial charge is 0.387 e. The van der Waals surface area contributed by atoms with Crippen LogP contribution in [-0.2, 0) is 13.0 Å². The van der Waals surface area contributed by atoms with Crippen LogP contribution in [0.4, 0.5) is 8.78 Å². The van der Waals surface area contributed by atoms with Crippen LogP contribution >= 0.6 is 0 Å². The van der Waals surface area contributed by atoms with Crippen LogP contribution in [0.2, 0.25) is 0 Å². The van der Waals surface area contributed by atoms with E-state index >= 15 is 0 Å². The van der Waals surface area contributed by atoms with Crippen molar-refractivity contribution in [3.63, 3.8) is 0 Å². The van der Waals surface area contributed by atoms with Crippen molar-refractivity contribution in [1.82, 2.24) is 20.4 Å². The van der Waals surface area contributed by atoms with Gasteiger partial charge in [0.1, 0.15) is 5.75 Å². The second-order valence-electron chi connectivity index (χ2n) is 6.72. The molecule has 1 aromatic heterocycles. The van der Waals surface area contributed by atoms with Crippen LogP contribution in [0.3, 0.4) is 0 Å². The number of benzene rings is 2. The number of alkyl halides is 2. The van der Waals surface area contributed by atoms with Crippen molar-refractivity contribution in [1.29, 1.82) is 0 Å². The van der Waals surface area contributed by atoms with Crippen LogP contribution in [0.25, 0.3) is 5.69 Å². The molecule has 0 atom stereocenters. The van der Waals surface area contributed by atoms with Crippen molar-refractivity contribution >= 4 is 5.96 Å². The number of aliphatic imine (C=N–C) groups is 1. The summed E-state index contributed by atoms with van der Waals surface area (Å²) < 4.78 is 31.7. The standard InChI is InChI=1S/C22H25F2N5O/c1-16-8-9-20(30-21(23)24)18(12-16)14-27-22(25-2)26-11-10-17-13-28-29(15-17)19-6-4-3-5-7-19/h3-9,12-13,15,21H,10-11,14H2,1-2H3,(H2,25,26,27). The number of nitrogens with one attached hydrogen (secondary N) is 2. The molecule has 2 aromatic carbocycles. The zero-order valence-electron chi connectivity index (χ0n) is 17.0. The molecule has 158 valence electrons. The average molecular weight is 413 g/mol. The number of hydrogen-bond donors (Lipinski definition) is 2. The topological polar surface area (TPSA) is 63.5 Å². The normalized spacial score (nSPS) is 11.6. The van der Waals surface area contributed by atoms with Crippen molar-refractivity contribution in [2.24, 2.45) is 4.99 Å². The minimum Gasteiger partial charge on any atom is -0.434 e. The van der Waals surface area contributed by atoms with Crippen molar-refractivity contribution in [3.05, 3.63) is 77.6 Å². The quantitative estimate of drug-likeness (QED) is 0.437. The summed E-state index contributed by atoms with van der Waals surface area (Å²) in [5, 5.41) is 10.8. The largest absolute Gasteiger partial charge is 0.434 e. The summed E-state index contributed by atoms with van der Waals surface area (Å²) in [6.07, 6.45) is 4.59. The molecule has 6 nitrogen and oxygen atoms in total. The van der Waals surface area contributed by atoms with Crippen molar-refractivity contribution < 1.29 is 13.5 Å². The van der Waals surface area contributed by atoms with Gasteiger partial charge in [0, 0.05) is 31.9 Å². The Morgan fingerprint density at radius 3 is 2.70 bits per heavy atom. The molecule has 0 aliphatic carbocycles. The highest BCUT2D eigenvalue weighted by atomic mass is 19.3. The summed E-state index contributed by atoms with van der Waals surface area (Å²) in [5.74, 6) is 0.738. The SMILES string of the molecule is CN=C(NCCc1cnn(-c2ccccc2)c1)NCc1cc(C)ccc1OC(F)F. The number of nitrogens with zero attached hydrogens (tertiary/aromatic N) is 3. The second-order valence-corrected chi connectivity index (χ2v) is 6.72. The Morgan fingerprint density at radius 1 is 1.17 bits per heavy atom. The Labute approximate surface area is 174 Å². The van der Waals surface area contributed by atoms with Crippen LogP contribution in [-0.4, -0.2) is 35.9 Å². The number of ether oxygens (including phenoxy) is 1. The lowest BCUT2D eigenvalue weighted by atomic mass is 10.1. The fraction of sp³-hybridized carbons (Fsp3) is 0.273. The zero-order valence-corrected chi connectivity index (χ0v) is 17.0. The molecule has 0 radical (unpaired) electrons. The van der Waals surface area contributed by atoms with Gasteiger partial charge in [0.05, 0.1) is 11.9 Å². The maximum Gasteiger partial charge on any atom is 0.387 e. The lowest BCUT2D eigenvalue weighted by Crippen LogP contribution is -2.38. The summed E-state index contributed by atoms with van der Waals surface area (Å²) in [6, 6.07) is 15.0. The summed E-state index contributed by atoms with van der Waals surface area (Å²) in [7, 11) is 1.66. The van der Waals surface area contributed by atoms with Crippen molar-refractivity contribution in [2.75, 3.05) is 13.6 Å².